The summed E-state index contributed by atoms with van der Waals surface area (Å²) in [6, 6.07) is 4.78. The first-order valence-corrected chi connectivity index (χ1v) is 5.11. The number of hydrogen-bond acceptors (Lipinski definition) is 3. The molecule has 0 saturated carbocycles. The van der Waals surface area contributed by atoms with E-state index in [0.29, 0.717) is 6.04 Å². The van der Waals surface area contributed by atoms with Gasteiger partial charge >= 0.3 is 0 Å². The maximum absolute atomic E-state index is 5.20. The van der Waals surface area contributed by atoms with Gasteiger partial charge in [-0.1, -0.05) is 0 Å². The van der Waals surface area contributed by atoms with Crippen LogP contribution in [-0.4, -0.2) is 6.61 Å². The molecule has 0 aromatic carbocycles. The van der Waals surface area contributed by atoms with Gasteiger partial charge in [0.2, 0.25) is 0 Å². The zero-order chi connectivity index (χ0) is 8.39. The number of rotatable bonds is 1. The molecule has 1 saturated heterocycles. The standard InChI is InChI=1S/C9H13NOS/c1-7-4-5-9(12-7)8-3-2-6-11-10-8/h4-5,8,10H,2-3,6H2,1H3. The van der Waals surface area contributed by atoms with E-state index in [1.54, 1.807) is 0 Å². The van der Waals surface area contributed by atoms with Crippen molar-refractivity contribution in [1.29, 1.82) is 0 Å². The normalized spacial score (nSPS) is 24.2. The van der Waals surface area contributed by atoms with E-state index >= 15 is 0 Å². The molecule has 1 atom stereocenters. The van der Waals surface area contributed by atoms with Crippen molar-refractivity contribution in [2.24, 2.45) is 0 Å². The molecular weight excluding hydrogens is 170 g/mol. The Bertz CT molecular complexity index is 253. The summed E-state index contributed by atoms with van der Waals surface area (Å²) in [7, 11) is 0. The van der Waals surface area contributed by atoms with Gasteiger partial charge in [0.15, 0.2) is 0 Å². The second kappa shape index (κ2) is 3.56. The summed E-state index contributed by atoms with van der Waals surface area (Å²) in [4.78, 5) is 7.97. The fourth-order valence-corrected chi connectivity index (χ4v) is 2.37. The average molecular weight is 183 g/mol. The minimum Gasteiger partial charge on any atom is -0.301 e. The molecule has 1 aliphatic heterocycles. The largest absolute Gasteiger partial charge is 0.301 e. The monoisotopic (exact) mass is 183 g/mol. The van der Waals surface area contributed by atoms with Crippen LogP contribution in [0.3, 0.4) is 0 Å². The lowest BCUT2D eigenvalue weighted by Gasteiger charge is -2.21. The van der Waals surface area contributed by atoms with E-state index in [2.05, 4.69) is 24.5 Å². The van der Waals surface area contributed by atoms with Crippen LogP contribution in [0.2, 0.25) is 0 Å². The van der Waals surface area contributed by atoms with Crippen molar-refractivity contribution >= 4 is 11.3 Å². The number of thiophene rings is 1. The van der Waals surface area contributed by atoms with Crippen molar-refractivity contribution < 1.29 is 4.84 Å². The summed E-state index contributed by atoms with van der Waals surface area (Å²) in [6.07, 6.45) is 2.36. The van der Waals surface area contributed by atoms with Crippen molar-refractivity contribution in [1.82, 2.24) is 5.48 Å². The van der Waals surface area contributed by atoms with Crippen LogP contribution in [0.1, 0.15) is 28.6 Å². The molecule has 1 N–H and O–H groups in total. The van der Waals surface area contributed by atoms with Crippen molar-refractivity contribution in [3.63, 3.8) is 0 Å². The van der Waals surface area contributed by atoms with Gasteiger partial charge in [-0.2, -0.15) is 5.48 Å². The summed E-state index contributed by atoms with van der Waals surface area (Å²) < 4.78 is 0. The van der Waals surface area contributed by atoms with Gasteiger partial charge < -0.3 is 4.84 Å². The highest BCUT2D eigenvalue weighted by molar-refractivity contribution is 7.12. The van der Waals surface area contributed by atoms with Gasteiger partial charge in [-0.25, -0.2) is 0 Å². The highest BCUT2D eigenvalue weighted by atomic mass is 32.1. The Kier molecular flexibility index (Phi) is 2.44. The number of aryl methyl sites for hydroxylation is 1. The molecule has 0 radical (unpaired) electrons. The Hall–Kier alpha value is -0.380. The van der Waals surface area contributed by atoms with E-state index in [9.17, 15) is 0 Å². The molecule has 1 aromatic heterocycles. The zero-order valence-electron chi connectivity index (χ0n) is 7.17. The molecule has 0 amide bonds. The maximum atomic E-state index is 5.20. The Morgan fingerprint density at radius 2 is 2.50 bits per heavy atom. The summed E-state index contributed by atoms with van der Waals surface area (Å²) in [6.45, 7) is 2.98. The Morgan fingerprint density at radius 1 is 1.58 bits per heavy atom. The van der Waals surface area contributed by atoms with Gasteiger partial charge in [0, 0.05) is 9.75 Å². The van der Waals surface area contributed by atoms with Crippen LogP contribution in [0.5, 0.6) is 0 Å². The van der Waals surface area contributed by atoms with E-state index in [4.69, 9.17) is 4.84 Å². The van der Waals surface area contributed by atoms with Crippen LogP contribution in [0, 0.1) is 6.92 Å². The molecule has 0 bridgehead atoms. The van der Waals surface area contributed by atoms with Crippen molar-refractivity contribution in [2.75, 3.05) is 6.61 Å². The van der Waals surface area contributed by atoms with Crippen molar-refractivity contribution in [3.05, 3.63) is 21.9 Å². The Morgan fingerprint density at radius 3 is 3.08 bits per heavy atom. The summed E-state index contributed by atoms with van der Waals surface area (Å²) in [5.41, 5.74) is 3.06. The molecule has 66 valence electrons. The SMILES string of the molecule is Cc1ccc(C2CCCON2)s1. The molecule has 1 aromatic rings. The van der Waals surface area contributed by atoms with Crippen molar-refractivity contribution in [2.45, 2.75) is 25.8 Å². The van der Waals surface area contributed by atoms with Crippen molar-refractivity contribution in [3.8, 4) is 0 Å². The summed E-state index contributed by atoms with van der Waals surface area (Å²) in [5, 5.41) is 0. The Balaban J connectivity index is 2.08. The maximum Gasteiger partial charge on any atom is 0.0683 e. The minimum absolute atomic E-state index is 0.428. The van der Waals surface area contributed by atoms with E-state index in [0.717, 1.165) is 13.0 Å². The second-order valence-electron chi connectivity index (χ2n) is 3.11. The smallest absolute Gasteiger partial charge is 0.0683 e. The van der Waals surface area contributed by atoms with E-state index in [1.807, 2.05) is 11.3 Å². The second-order valence-corrected chi connectivity index (χ2v) is 4.43. The molecule has 2 heterocycles. The molecular formula is C9H13NOS. The highest BCUT2D eigenvalue weighted by Gasteiger charge is 2.16. The average Bonchev–Trinajstić information content (AvgIpc) is 2.54. The number of nitrogens with one attached hydrogen (secondary N) is 1. The van der Waals surface area contributed by atoms with Crippen LogP contribution in [-0.2, 0) is 4.84 Å². The van der Waals surface area contributed by atoms with Gasteiger partial charge in [0.1, 0.15) is 0 Å². The quantitative estimate of drug-likeness (QED) is 0.722. The molecule has 3 heteroatoms. The molecule has 1 unspecified atom stereocenters. The number of hydroxylamine groups is 1. The molecule has 12 heavy (non-hydrogen) atoms. The highest BCUT2D eigenvalue weighted by Crippen LogP contribution is 2.27. The third-order valence-corrected chi connectivity index (χ3v) is 3.18. The Labute approximate surface area is 76.5 Å². The molecule has 0 aliphatic carbocycles. The van der Waals surface area contributed by atoms with Gasteiger partial charge in [-0.05, 0) is 31.9 Å². The lowest BCUT2D eigenvalue weighted by molar-refractivity contribution is -0.0186. The zero-order valence-corrected chi connectivity index (χ0v) is 7.99. The van der Waals surface area contributed by atoms with Gasteiger partial charge in [-0.15, -0.1) is 11.3 Å². The van der Waals surface area contributed by atoms with Crippen LogP contribution in [0.15, 0.2) is 12.1 Å². The first kappa shape index (κ1) is 8.23. The van der Waals surface area contributed by atoms with E-state index in [1.165, 1.54) is 16.2 Å². The molecule has 1 fully saturated rings. The third kappa shape index (κ3) is 1.68. The predicted molar refractivity (Wildman–Crippen MR) is 50.1 cm³/mol. The predicted octanol–water partition coefficient (Wildman–Crippen LogP) is 2.41. The first-order chi connectivity index (χ1) is 5.86. The summed E-state index contributed by atoms with van der Waals surface area (Å²) in [5.74, 6) is 0. The minimum atomic E-state index is 0.428. The lowest BCUT2D eigenvalue weighted by atomic mass is 10.1. The molecule has 2 rings (SSSR count). The topological polar surface area (TPSA) is 21.3 Å². The summed E-state index contributed by atoms with van der Waals surface area (Å²) >= 11 is 1.85. The van der Waals surface area contributed by atoms with Gasteiger partial charge in [0.25, 0.3) is 0 Å². The van der Waals surface area contributed by atoms with Crippen LogP contribution < -0.4 is 5.48 Å². The fraction of sp³-hybridized carbons (Fsp3) is 0.556. The van der Waals surface area contributed by atoms with Crippen LogP contribution in [0.4, 0.5) is 0 Å². The first-order valence-electron chi connectivity index (χ1n) is 4.30. The van der Waals surface area contributed by atoms with Gasteiger partial charge in [0.05, 0.1) is 12.6 Å². The lowest BCUT2D eigenvalue weighted by Crippen LogP contribution is -2.26. The van der Waals surface area contributed by atoms with Gasteiger partial charge in [-0.3, -0.25) is 0 Å². The third-order valence-electron chi connectivity index (χ3n) is 2.07. The van der Waals surface area contributed by atoms with Crippen LogP contribution in [0.25, 0.3) is 0 Å². The molecule has 2 nitrogen and oxygen atoms in total. The molecule has 1 aliphatic rings. The van der Waals surface area contributed by atoms with Crippen LogP contribution >= 0.6 is 11.3 Å². The molecule has 0 spiro atoms. The van der Waals surface area contributed by atoms with E-state index < -0.39 is 0 Å². The fourth-order valence-electron chi connectivity index (χ4n) is 1.42. The number of hydrogen-bond donors (Lipinski definition) is 1. The van der Waals surface area contributed by atoms with E-state index in [-0.39, 0.29) is 0 Å².